The number of aromatic nitrogens is 3. The van der Waals surface area contributed by atoms with E-state index >= 15 is 0 Å². The molecule has 0 radical (unpaired) electrons. The van der Waals surface area contributed by atoms with E-state index in [2.05, 4.69) is 25.3 Å². The maximum Gasteiger partial charge on any atom is 0.263 e. The molecular formula is C16H21N5O4S. The van der Waals surface area contributed by atoms with Gasteiger partial charge in [-0.05, 0) is 19.8 Å². The Kier molecular flexibility index (Phi) is 5.14. The van der Waals surface area contributed by atoms with Crippen molar-refractivity contribution in [2.75, 3.05) is 37.8 Å². The highest BCUT2D eigenvalue weighted by molar-refractivity contribution is 7.17. The third-order valence-corrected chi connectivity index (χ3v) is 5.59. The predicted octanol–water partition coefficient (Wildman–Crippen LogP) is 1.45. The van der Waals surface area contributed by atoms with E-state index in [1.54, 1.807) is 0 Å². The van der Waals surface area contributed by atoms with Gasteiger partial charge in [-0.2, -0.15) is 4.98 Å². The molecule has 1 N–H and O–H groups in total. The number of nitrogens with one attached hydrogen (secondary N) is 1. The summed E-state index contributed by atoms with van der Waals surface area (Å²) < 4.78 is 16.1. The fourth-order valence-electron chi connectivity index (χ4n) is 2.96. The lowest BCUT2D eigenvalue weighted by atomic mass is 10.2. The highest BCUT2D eigenvalue weighted by atomic mass is 32.1. The van der Waals surface area contributed by atoms with Gasteiger partial charge in [0, 0.05) is 19.7 Å². The molecule has 2 saturated heterocycles. The van der Waals surface area contributed by atoms with Crippen molar-refractivity contribution in [3.05, 3.63) is 22.3 Å². The van der Waals surface area contributed by atoms with Crippen LogP contribution in [0.25, 0.3) is 0 Å². The summed E-state index contributed by atoms with van der Waals surface area (Å²) in [6.07, 6.45) is 1.76. The van der Waals surface area contributed by atoms with Crippen molar-refractivity contribution >= 4 is 22.4 Å². The third-order valence-electron chi connectivity index (χ3n) is 4.37. The van der Waals surface area contributed by atoms with E-state index in [9.17, 15) is 4.79 Å². The SMILES string of the molecule is Cc1nc(N2CCOCC2)sc1C(=O)NCc1noc(C2CCCO2)n1. The van der Waals surface area contributed by atoms with E-state index in [-0.39, 0.29) is 18.6 Å². The van der Waals surface area contributed by atoms with Gasteiger partial charge in [-0.15, -0.1) is 0 Å². The van der Waals surface area contributed by atoms with Crippen LogP contribution in [0.4, 0.5) is 5.13 Å². The molecule has 9 nitrogen and oxygen atoms in total. The van der Waals surface area contributed by atoms with E-state index in [4.69, 9.17) is 14.0 Å². The van der Waals surface area contributed by atoms with Gasteiger partial charge < -0.3 is 24.2 Å². The van der Waals surface area contributed by atoms with Gasteiger partial charge in [-0.1, -0.05) is 16.5 Å². The van der Waals surface area contributed by atoms with Crippen LogP contribution >= 0.6 is 11.3 Å². The average Bonchev–Trinajstić information content (AvgIpc) is 3.40. The predicted molar refractivity (Wildman–Crippen MR) is 93.3 cm³/mol. The zero-order valence-electron chi connectivity index (χ0n) is 14.6. The molecule has 140 valence electrons. The highest BCUT2D eigenvalue weighted by Crippen LogP contribution is 2.28. The Bertz CT molecular complexity index is 765. The molecular weight excluding hydrogens is 358 g/mol. The molecule has 4 heterocycles. The van der Waals surface area contributed by atoms with Gasteiger partial charge >= 0.3 is 0 Å². The van der Waals surface area contributed by atoms with E-state index in [0.717, 1.165) is 43.4 Å². The number of hydrogen-bond acceptors (Lipinski definition) is 9. The molecule has 10 heteroatoms. The number of carbonyl (C=O) groups is 1. The smallest absolute Gasteiger partial charge is 0.263 e. The van der Waals surface area contributed by atoms with Crippen molar-refractivity contribution in [2.45, 2.75) is 32.4 Å². The Morgan fingerprint density at radius 2 is 2.15 bits per heavy atom. The van der Waals surface area contributed by atoms with E-state index in [0.29, 0.717) is 29.8 Å². The van der Waals surface area contributed by atoms with Crippen molar-refractivity contribution in [1.29, 1.82) is 0 Å². The Balaban J connectivity index is 1.36. The maximum atomic E-state index is 12.5. The van der Waals surface area contributed by atoms with Crippen LogP contribution in [-0.2, 0) is 16.0 Å². The fraction of sp³-hybridized carbons (Fsp3) is 0.625. The molecule has 2 aromatic rings. The lowest BCUT2D eigenvalue weighted by Crippen LogP contribution is -2.36. The van der Waals surface area contributed by atoms with Gasteiger partial charge in [0.1, 0.15) is 11.0 Å². The Labute approximate surface area is 154 Å². The number of nitrogens with zero attached hydrogens (tertiary/aromatic N) is 4. The summed E-state index contributed by atoms with van der Waals surface area (Å²) in [5.41, 5.74) is 0.724. The standard InChI is InChI=1S/C16H21N5O4S/c1-10-13(26-16(18-10)21-4-7-23-8-5-21)14(22)17-9-12-19-15(25-20-12)11-3-2-6-24-11/h11H,2-9H2,1H3,(H,17,22). The number of anilines is 1. The summed E-state index contributed by atoms with van der Waals surface area (Å²) >= 11 is 1.40. The molecule has 4 rings (SSSR count). The molecule has 1 atom stereocenters. The van der Waals surface area contributed by atoms with Crippen LogP contribution in [0.15, 0.2) is 4.52 Å². The zero-order valence-corrected chi connectivity index (χ0v) is 15.4. The van der Waals surface area contributed by atoms with Crippen LogP contribution in [0.3, 0.4) is 0 Å². The molecule has 0 bridgehead atoms. The fourth-order valence-corrected chi connectivity index (χ4v) is 4.00. The number of morpholine rings is 1. The van der Waals surface area contributed by atoms with Gasteiger partial charge in [-0.25, -0.2) is 4.98 Å². The zero-order chi connectivity index (χ0) is 17.9. The first-order chi connectivity index (χ1) is 12.7. The lowest BCUT2D eigenvalue weighted by molar-refractivity contribution is 0.0835. The number of carbonyl (C=O) groups excluding carboxylic acids is 1. The number of thiazole rings is 1. The molecule has 0 aliphatic carbocycles. The average molecular weight is 379 g/mol. The van der Waals surface area contributed by atoms with Crippen LogP contribution < -0.4 is 10.2 Å². The largest absolute Gasteiger partial charge is 0.378 e. The minimum atomic E-state index is -0.178. The van der Waals surface area contributed by atoms with Crippen molar-refractivity contribution < 1.29 is 18.8 Å². The second-order valence-corrected chi connectivity index (χ2v) is 7.22. The summed E-state index contributed by atoms with van der Waals surface area (Å²) in [4.78, 5) is 24.1. The molecule has 1 amide bonds. The summed E-state index contributed by atoms with van der Waals surface area (Å²) in [5.74, 6) is 0.748. The first-order valence-electron chi connectivity index (χ1n) is 8.73. The van der Waals surface area contributed by atoms with E-state index in [1.807, 2.05) is 6.92 Å². The molecule has 26 heavy (non-hydrogen) atoms. The second-order valence-electron chi connectivity index (χ2n) is 6.24. The third kappa shape index (κ3) is 3.71. The summed E-state index contributed by atoms with van der Waals surface area (Å²) in [6, 6.07) is 0. The summed E-state index contributed by atoms with van der Waals surface area (Å²) in [6.45, 7) is 5.73. The first kappa shape index (κ1) is 17.4. The number of ether oxygens (including phenoxy) is 2. The monoisotopic (exact) mass is 379 g/mol. The van der Waals surface area contributed by atoms with Gasteiger partial charge in [0.25, 0.3) is 11.8 Å². The normalized spacial score (nSPS) is 20.5. The second kappa shape index (κ2) is 7.68. The van der Waals surface area contributed by atoms with Crippen molar-refractivity contribution in [2.24, 2.45) is 0 Å². The van der Waals surface area contributed by atoms with Crippen LogP contribution in [-0.4, -0.2) is 53.9 Å². The van der Waals surface area contributed by atoms with Crippen LogP contribution in [0.1, 0.15) is 46.0 Å². The Morgan fingerprint density at radius 3 is 2.92 bits per heavy atom. The van der Waals surface area contributed by atoms with E-state index < -0.39 is 0 Å². The molecule has 0 aromatic carbocycles. The number of amides is 1. The minimum Gasteiger partial charge on any atom is -0.378 e. The van der Waals surface area contributed by atoms with Crippen molar-refractivity contribution in [3.8, 4) is 0 Å². The molecule has 2 aliphatic rings. The van der Waals surface area contributed by atoms with E-state index in [1.165, 1.54) is 11.3 Å². The van der Waals surface area contributed by atoms with Gasteiger partial charge in [0.2, 0.25) is 0 Å². The molecule has 2 aliphatic heterocycles. The van der Waals surface area contributed by atoms with Gasteiger partial charge in [-0.3, -0.25) is 4.79 Å². The molecule has 2 fully saturated rings. The summed E-state index contributed by atoms with van der Waals surface area (Å²) in [7, 11) is 0. The summed E-state index contributed by atoms with van der Waals surface area (Å²) in [5, 5.41) is 7.61. The Morgan fingerprint density at radius 1 is 1.31 bits per heavy atom. The minimum absolute atomic E-state index is 0.119. The lowest BCUT2D eigenvalue weighted by Gasteiger charge is -2.25. The maximum absolute atomic E-state index is 12.5. The van der Waals surface area contributed by atoms with Crippen LogP contribution in [0.5, 0.6) is 0 Å². The molecule has 0 spiro atoms. The molecule has 1 unspecified atom stereocenters. The molecule has 2 aromatic heterocycles. The number of rotatable bonds is 5. The topological polar surface area (TPSA) is 103 Å². The number of hydrogen-bond donors (Lipinski definition) is 1. The van der Waals surface area contributed by atoms with Crippen LogP contribution in [0.2, 0.25) is 0 Å². The first-order valence-corrected chi connectivity index (χ1v) is 9.55. The van der Waals surface area contributed by atoms with Crippen molar-refractivity contribution in [3.63, 3.8) is 0 Å². The van der Waals surface area contributed by atoms with Gasteiger partial charge in [0.05, 0.1) is 25.5 Å². The van der Waals surface area contributed by atoms with Crippen molar-refractivity contribution in [1.82, 2.24) is 20.4 Å². The number of aryl methyl sites for hydroxylation is 1. The van der Waals surface area contributed by atoms with Crippen LogP contribution in [0, 0.1) is 6.92 Å². The highest BCUT2D eigenvalue weighted by Gasteiger charge is 2.24. The quantitative estimate of drug-likeness (QED) is 0.833. The van der Waals surface area contributed by atoms with Gasteiger partial charge in [0.15, 0.2) is 11.0 Å². The molecule has 0 saturated carbocycles. The Hall–Kier alpha value is -2.04.